The fourth-order valence-electron chi connectivity index (χ4n) is 4.39. The molecule has 138 valence electrons. The molecule has 2 heterocycles. The number of ether oxygens (including phenoxy) is 1. The highest BCUT2D eigenvalue weighted by Crippen LogP contribution is 2.48. The second-order valence-electron chi connectivity index (χ2n) is 7.83. The number of pyridine rings is 1. The predicted molar refractivity (Wildman–Crippen MR) is 96.6 cm³/mol. The first kappa shape index (κ1) is 18.2. The molecule has 1 saturated carbocycles. The van der Waals surface area contributed by atoms with E-state index < -0.39 is 0 Å². The normalized spacial score (nSPS) is 21.0. The Hall–Kier alpha value is -1.62. The Bertz CT molecular complexity index is 611. The summed E-state index contributed by atoms with van der Waals surface area (Å²) in [6, 6.07) is 4.04. The van der Waals surface area contributed by atoms with Crippen LogP contribution in [0.4, 0.5) is 0 Å². The number of hydrogen-bond acceptors (Lipinski definition) is 4. The van der Waals surface area contributed by atoms with Crippen LogP contribution >= 0.6 is 0 Å². The summed E-state index contributed by atoms with van der Waals surface area (Å²) >= 11 is 0. The van der Waals surface area contributed by atoms with Crippen molar-refractivity contribution < 1.29 is 14.6 Å². The number of aliphatic hydroxyl groups excluding tert-OH is 1. The lowest BCUT2D eigenvalue weighted by Gasteiger charge is -2.54. The molecule has 1 aromatic rings. The quantitative estimate of drug-likeness (QED) is 0.890. The van der Waals surface area contributed by atoms with Crippen molar-refractivity contribution in [3.8, 4) is 5.75 Å². The van der Waals surface area contributed by atoms with Gasteiger partial charge in [-0.15, -0.1) is 0 Å². The third-order valence-corrected chi connectivity index (χ3v) is 6.07. The van der Waals surface area contributed by atoms with Crippen LogP contribution < -0.4 is 4.74 Å². The highest BCUT2D eigenvalue weighted by atomic mass is 16.5. The Morgan fingerprint density at radius 1 is 1.40 bits per heavy atom. The molecule has 3 rings (SSSR count). The molecular formula is C20H30N2O3. The SMILES string of the molecule is CC[C@H](CO)C(=O)N1CC2(CCC(c3cc(OC)cc(C)n3)CC2)C1. The van der Waals surface area contributed by atoms with Crippen LogP contribution in [0.1, 0.15) is 56.3 Å². The van der Waals surface area contributed by atoms with Crippen molar-refractivity contribution in [1.82, 2.24) is 9.88 Å². The number of aliphatic hydroxyl groups is 1. The van der Waals surface area contributed by atoms with Crippen molar-refractivity contribution in [2.24, 2.45) is 11.3 Å². The summed E-state index contributed by atoms with van der Waals surface area (Å²) in [6.45, 7) is 5.65. The molecule has 0 bridgehead atoms. The second-order valence-corrected chi connectivity index (χ2v) is 7.83. The molecule has 5 nitrogen and oxygen atoms in total. The first-order valence-electron chi connectivity index (χ1n) is 9.42. The fraction of sp³-hybridized carbons (Fsp3) is 0.700. The average Bonchev–Trinajstić information content (AvgIpc) is 2.60. The Morgan fingerprint density at radius 3 is 2.64 bits per heavy atom. The van der Waals surface area contributed by atoms with Gasteiger partial charge in [-0.25, -0.2) is 0 Å². The van der Waals surface area contributed by atoms with Gasteiger partial charge in [-0.3, -0.25) is 9.78 Å². The number of likely N-dealkylation sites (tertiary alicyclic amines) is 1. The zero-order chi connectivity index (χ0) is 18.0. The molecule has 1 aliphatic heterocycles. The van der Waals surface area contributed by atoms with E-state index in [0.717, 1.165) is 55.9 Å². The average molecular weight is 346 g/mol. The van der Waals surface area contributed by atoms with Crippen molar-refractivity contribution in [1.29, 1.82) is 0 Å². The third-order valence-electron chi connectivity index (χ3n) is 6.07. The largest absolute Gasteiger partial charge is 0.497 e. The van der Waals surface area contributed by atoms with Crippen molar-refractivity contribution in [3.05, 3.63) is 23.5 Å². The van der Waals surface area contributed by atoms with Gasteiger partial charge in [0.1, 0.15) is 5.75 Å². The number of methoxy groups -OCH3 is 1. The van der Waals surface area contributed by atoms with Gasteiger partial charge in [-0.05, 0) is 39.0 Å². The van der Waals surface area contributed by atoms with Crippen molar-refractivity contribution >= 4 is 5.91 Å². The summed E-state index contributed by atoms with van der Waals surface area (Å²) in [5.41, 5.74) is 2.45. The number of amides is 1. The minimum absolute atomic E-state index is 0.0399. The van der Waals surface area contributed by atoms with Gasteiger partial charge in [0, 0.05) is 47.9 Å². The van der Waals surface area contributed by atoms with Crippen LogP contribution in [-0.2, 0) is 4.79 Å². The molecule has 1 aliphatic carbocycles. The first-order chi connectivity index (χ1) is 12.0. The van der Waals surface area contributed by atoms with Crippen molar-refractivity contribution in [3.63, 3.8) is 0 Å². The molecule has 0 aromatic carbocycles. The van der Waals surface area contributed by atoms with Gasteiger partial charge in [0.25, 0.3) is 0 Å². The summed E-state index contributed by atoms with van der Waals surface area (Å²) < 4.78 is 5.38. The number of nitrogens with zero attached hydrogens (tertiary/aromatic N) is 2. The van der Waals surface area contributed by atoms with Gasteiger partial charge in [0.2, 0.25) is 5.91 Å². The van der Waals surface area contributed by atoms with Gasteiger partial charge in [-0.2, -0.15) is 0 Å². The van der Waals surface area contributed by atoms with Crippen LogP contribution in [0.25, 0.3) is 0 Å². The number of carbonyl (C=O) groups is 1. The second kappa shape index (κ2) is 7.32. The molecule has 2 aliphatic rings. The minimum atomic E-state index is -0.224. The zero-order valence-corrected chi connectivity index (χ0v) is 15.6. The monoisotopic (exact) mass is 346 g/mol. The van der Waals surface area contributed by atoms with E-state index in [2.05, 4.69) is 6.07 Å². The molecule has 1 saturated heterocycles. The number of aryl methyl sites for hydroxylation is 1. The molecule has 1 spiro atoms. The maximum Gasteiger partial charge on any atom is 0.228 e. The molecule has 1 atom stereocenters. The summed E-state index contributed by atoms with van der Waals surface area (Å²) in [5, 5.41) is 9.33. The predicted octanol–water partition coefficient (Wildman–Crippen LogP) is 2.90. The fourth-order valence-corrected chi connectivity index (χ4v) is 4.39. The van der Waals surface area contributed by atoms with E-state index in [0.29, 0.717) is 17.8 Å². The van der Waals surface area contributed by atoms with Crippen LogP contribution in [0, 0.1) is 18.3 Å². The van der Waals surface area contributed by atoms with E-state index >= 15 is 0 Å². The van der Waals surface area contributed by atoms with Gasteiger partial charge in [-0.1, -0.05) is 6.92 Å². The summed E-state index contributed by atoms with van der Waals surface area (Å²) in [6.07, 6.45) is 5.25. The molecular weight excluding hydrogens is 316 g/mol. The van der Waals surface area contributed by atoms with Crippen LogP contribution in [0.15, 0.2) is 12.1 Å². The lowest BCUT2D eigenvalue weighted by molar-refractivity contribution is -0.151. The van der Waals surface area contributed by atoms with E-state index in [-0.39, 0.29) is 18.4 Å². The van der Waals surface area contributed by atoms with Crippen LogP contribution in [0.5, 0.6) is 5.75 Å². The number of carbonyl (C=O) groups excluding carboxylic acids is 1. The Labute approximate surface area is 150 Å². The van der Waals surface area contributed by atoms with Gasteiger partial charge in [0.15, 0.2) is 0 Å². The zero-order valence-electron chi connectivity index (χ0n) is 15.6. The molecule has 1 N–H and O–H groups in total. The first-order valence-corrected chi connectivity index (χ1v) is 9.42. The standard InChI is InChI=1S/C20H30N2O3/c1-4-15(11-23)19(24)22-12-20(13-22)7-5-16(6-8-20)18-10-17(25-3)9-14(2)21-18/h9-10,15-16,23H,4-8,11-13H2,1-3H3/t15-/m1/s1. The van der Waals surface area contributed by atoms with E-state index in [9.17, 15) is 9.90 Å². The molecule has 0 radical (unpaired) electrons. The third kappa shape index (κ3) is 3.66. The lowest BCUT2D eigenvalue weighted by atomic mass is 9.65. The number of rotatable bonds is 5. The summed E-state index contributed by atoms with van der Waals surface area (Å²) in [7, 11) is 1.70. The molecule has 0 unspecified atom stereocenters. The number of hydrogen-bond donors (Lipinski definition) is 1. The summed E-state index contributed by atoms with van der Waals surface area (Å²) in [4.78, 5) is 19.0. The Kier molecular flexibility index (Phi) is 5.32. The Balaban J connectivity index is 1.57. The van der Waals surface area contributed by atoms with Gasteiger partial charge >= 0.3 is 0 Å². The molecule has 25 heavy (non-hydrogen) atoms. The van der Waals surface area contributed by atoms with Crippen molar-refractivity contribution in [2.75, 3.05) is 26.8 Å². The molecule has 5 heteroatoms. The van der Waals surface area contributed by atoms with E-state index in [1.165, 1.54) is 0 Å². The maximum absolute atomic E-state index is 12.3. The van der Waals surface area contributed by atoms with Crippen LogP contribution in [-0.4, -0.2) is 47.7 Å². The smallest absolute Gasteiger partial charge is 0.228 e. The summed E-state index contributed by atoms with van der Waals surface area (Å²) in [5.74, 6) is 1.28. The van der Waals surface area contributed by atoms with E-state index in [4.69, 9.17) is 9.72 Å². The van der Waals surface area contributed by atoms with Gasteiger partial charge < -0.3 is 14.7 Å². The highest BCUT2D eigenvalue weighted by Gasteiger charge is 2.47. The molecule has 1 aromatic heterocycles. The van der Waals surface area contributed by atoms with Crippen molar-refractivity contribution in [2.45, 2.75) is 51.9 Å². The van der Waals surface area contributed by atoms with E-state index in [1.807, 2.05) is 24.8 Å². The highest BCUT2D eigenvalue weighted by molar-refractivity contribution is 5.80. The minimum Gasteiger partial charge on any atom is -0.497 e. The van der Waals surface area contributed by atoms with Crippen LogP contribution in [0.3, 0.4) is 0 Å². The molecule has 1 amide bonds. The molecule has 2 fully saturated rings. The topological polar surface area (TPSA) is 62.7 Å². The van der Waals surface area contributed by atoms with E-state index in [1.54, 1.807) is 7.11 Å². The lowest BCUT2D eigenvalue weighted by Crippen LogP contribution is -2.60. The van der Waals surface area contributed by atoms with Crippen LogP contribution in [0.2, 0.25) is 0 Å². The Morgan fingerprint density at radius 2 is 2.08 bits per heavy atom. The number of aromatic nitrogens is 1. The van der Waals surface area contributed by atoms with Gasteiger partial charge in [0.05, 0.1) is 19.6 Å². The maximum atomic E-state index is 12.3.